The molecule has 0 saturated carbocycles. The fourth-order valence-electron chi connectivity index (χ4n) is 3.18. The third-order valence-corrected chi connectivity index (χ3v) is 4.58. The normalized spacial score (nSPS) is 19.8. The number of likely N-dealkylation sites (N-methyl/N-ethyl adjacent to an activating group) is 1. The Hall–Kier alpha value is -2.67. The first-order chi connectivity index (χ1) is 12.0. The van der Waals surface area contributed by atoms with Crippen LogP contribution < -0.4 is 5.56 Å². The molecule has 0 bridgehead atoms. The van der Waals surface area contributed by atoms with Gasteiger partial charge in [0.05, 0.1) is 6.04 Å². The van der Waals surface area contributed by atoms with Crippen LogP contribution in [0, 0.1) is 6.92 Å². The molecule has 3 rings (SSSR count). The molecule has 1 amide bonds. The van der Waals surface area contributed by atoms with Gasteiger partial charge in [0, 0.05) is 43.4 Å². The Labute approximate surface area is 145 Å². The quantitative estimate of drug-likeness (QED) is 0.903. The van der Waals surface area contributed by atoms with Crippen LogP contribution in [0.2, 0.25) is 0 Å². The number of carbonyl (C=O) groups is 1. The number of carbonyl (C=O) groups excluding carboxylic acids is 1. The zero-order chi connectivity index (χ0) is 18.0. The smallest absolute Gasteiger partial charge is 0.254 e. The van der Waals surface area contributed by atoms with Crippen molar-refractivity contribution in [3.05, 3.63) is 58.3 Å². The summed E-state index contributed by atoms with van der Waals surface area (Å²) in [5.41, 5.74) is 1.08. The summed E-state index contributed by atoms with van der Waals surface area (Å²) in [6, 6.07) is 6.24. The topological polar surface area (TPSA) is 84.7 Å². The van der Waals surface area contributed by atoms with Gasteiger partial charge < -0.3 is 19.3 Å². The van der Waals surface area contributed by atoms with E-state index in [2.05, 4.69) is 4.98 Å². The summed E-state index contributed by atoms with van der Waals surface area (Å²) >= 11 is 0. The summed E-state index contributed by atoms with van der Waals surface area (Å²) in [4.78, 5) is 30.5. The second-order valence-electron chi connectivity index (χ2n) is 6.22. The molecule has 25 heavy (non-hydrogen) atoms. The Morgan fingerprint density at radius 3 is 2.96 bits per heavy atom. The molecule has 2 atom stereocenters. The molecule has 2 aromatic rings. The predicted octanol–water partition coefficient (Wildman–Crippen LogP) is 1.25. The van der Waals surface area contributed by atoms with Gasteiger partial charge in [0.2, 0.25) is 5.91 Å². The maximum Gasteiger partial charge on any atom is 0.254 e. The van der Waals surface area contributed by atoms with Crippen LogP contribution in [0.5, 0.6) is 5.75 Å². The summed E-state index contributed by atoms with van der Waals surface area (Å²) < 4.78 is 7.16. The van der Waals surface area contributed by atoms with Gasteiger partial charge in [-0.15, -0.1) is 0 Å². The molecule has 0 spiro atoms. The number of pyridine rings is 2. The van der Waals surface area contributed by atoms with Gasteiger partial charge in [-0.2, -0.15) is 0 Å². The van der Waals surface area contributed by atoms with Crippen LogP contribution >= 0.6 is 0 Å². The molecule has 0 unspecified atom stereocenters. The van der Waals surface area contributed by atoms with E-state index in [0.29, 0.717) is 12.3 Å². The molecule has 1 N–H and O–H groups in total. The molecule has 1 aliphatic rings. The molecule has 7 nitrogen and oxygen atoms in total. The van der Waals surface area contributed by atoms with Crippen molar-refractivity contribution >= 4 is 5.91 Å². The lowest BCUT2D eigenvalue weighted by molar-refractivity contribution is -0.133. The van der Waals surface area contributed by atoms with Crippen LogP contribution in [-0.2, 0) is 16.1 Å². The molecular weight excluding hydrogens is 322 g/mol. The molecule has 1 aliphatic heterocycles. The minimum absolute atomic E-state index is 0.0717. The number of aromatic nitrogens is 2. The average Bonchev–Trinajstić information content (AvgIpc) is 3.07. The van der Waals surface area contributed by atoms with E-state index in [1.54, 1.807) is 31.3 Å². The van der Waals surface area contributed by atoms with E-state index in [9.17, 15) is 14.7 Å². The predicted molar refractivity (Wildman–Crippen MR) is 91.2 cm³/mol. The Balaban J connectivity index is 1.77. The summed E-state index contributed by atoms with van der Waals surface area (Å²) in [7, 11) is 1.73. The number of nitrogens with zero attached hydrogens (tertiary/aromatic N) is 3. The van der Waals surface area contributed by atoms with Crippen LogP contribution in [0.25, 0.3) is 0 Å². The number of aromatic hydroxyl groups is 1. The van der Waals surface area contributed by atoms with E-state index in [0.717, 1.165) is 18.1 Å². The van der Waals surface area contributed by atoms with E-state index in [1.165, 1.54) is 10.6 Å². The molecule has 7 heteroatoms. The number of hydrogen-bond acceptors (Lipinski definition) is 5. The largest absolute Gasteiger partial charge is 0.508 e. The van der Waals surface area contributed by atoms with Gasteiger partial charge in [-0.05, 0) is 25.5 Å². The monoisotopic (exact) mass is 343 g/mol. The van der Waals surface area contributed by atoms with Crippen LogP contribution in [0.15, 0.2) is 41.5 Å². The zero-order valence-electron chi connectivity index (χ0n) is 14.3. The van der Waals surface area contributed by atoms with Crippen LogP contribution in [-0.4, -0.2) is 45.2 Å². The van der Waals surface area contributed by atoms with Crippen molar-refractivity contribution in [2.75, 3.05) is 13.7 Å². The maximum absolute atomic E-state index is 12.7. The fourth-order valence-corrected chi connectivity index (χ4v) is 3.18. The Bertz CT molecular complexity index is 819. The number of hydrogen-bond donors (Lipinski definition) is 1. The highest BCUT2D eigenvalue weighted by Crippen LogP contribution is 2.32. The second-order valence-corrected chi connectivity index (χ2v) is 6.22. The molecule has 132 valence electrons. The second kappa shape index (κ2) is 7.06. The van der Waals surface area contributed by atoms with E-state index in [-0.39, 0.29) is 30.3 Å². The van der Waals surface area contributed by atoms with Gasteiger partial charge in [-0.1, -0.05) is 6.07 Å². The van der Waals surface area contributed by atoms with Crippen molar-refractivity contribution in [1.29, 1.82) is 0 Å². The summed E-state index contributed by atoms with van der Waals surface area (Å²) in [5.74, 6) is -0.277. The first-order valence-electron chi connectivity index (χ1n) is 8.15. The first kappa shape index (κ1) is 17.2. The molecule has 3 heterocycles. The molecule has 1 saturated heterocycles. The van der Waals surface area contributed by atoms with Crippen molar-refractivity contribution in [2.24, 2.45) is 0 Å². The molecule has 0 radical (unpaired) electrons. The van der Waals surface area contributed by atoms with Gasteiger partial charge in [-0.3, -0.25) is 14.6 Å². The van der Waals surface area contributed by atoms with E-state index in [4.69, 9.17) is 4.74 Å². The van der Waals surface area contributed by atoms with Crippen molar-refractivity contribution in [2.45, 2.75) is 32.0 Å². The molecular formula is C18H21N3O4. The highest BCUT2D eigenvalue weighted by atomic mass is 16.5. The number of amides is 1. The van der Waals surface area contributed by atoms with Gasteiger partial charge >= 0.3 is 0 Å². The van der Waals surface area contributed by atoms with Gasteiger partial charge in [-0.25, -0.2) is 0 Å². The van der Waals surface area contributed by atoms with Crippen molar-refractivity contribution in [1.82, 2.24) is 14.5 Å². The minimum Gasteiger partial charge on any atom is -0.508 e. The van der Waals surface area contributed by atoms with Crippen LogP contribution in [0.1, 0.15) is 23.8 Å². The van der Waals surface area contributed by atoms with E-state index in [1.807, 2.05) is 12.1 Å². The Morgan fingerprint density at radius 1 is 1.48 bits per heavy atom. The van der Waals surface area contributed by atoms with Crippen LogP contribution in [0.4, 0.5) is 0 Å². The number of ether oxygens (including phenoxy) is 1. The number of rotatable bonds is 4. The third-order valence-electron chi connectivity index (χ3n) is 4.58. The zero-order valence-corrected chi connectivity index (χ0v) is 14.3. The lowest BCUT2D eigenvalue weighted by Crippen LogP contribution is -2.42. The van der Waals surface area contributed by atoms with Gasteiger partial charge in [0.15, 0.2) is 0 Å². The minimum atomic E-state index is -0.397. The SMILES string of the molecule is Cc1cc(O)cc(=O)n1CC(=O)N(C)[C@H]1CCO[C@@H]1c1cccnc1. The summed E-state index contributed by atoms with van der Waals surface area (Å²) in [5, 5.41) is 9.46. The third kappa shape index (κ3) is 3.56. The van der Waals surface area contributed by atoms with Gasteiger partial charge in [0.25, 0.3) is 5.56 Å². The van der Waals surface area contributed by atoms with Crippen molar-refractivity contribution in [3.8, 4) is 5.75 Å². The molecule has 2 aromatic heterocycles. The highest BCUT2D eigenvalue weighted by Gasteiger charge is 2.35. The maximum atomic E-state index is 12.7. The number of aryl methyl sites for hydroxylation is 1. The van der Waals surface area contributed by atoms with Crippen molar-refractivity contribution in [3.63, 3.8) is 0 Å². The highest BCUT2D eigenvalue weighted by molar-refractivity contribution is 5.76. The summed E-state index contributed by atoms with van der Waals surface area (Å²) in [6.45, 7) is 2.18. The Kier molecular flexibility index (Phi) is 4.85. The first-order valence-corrected chi connectivity index (χ1v) is 8.15. The molecule has 0 aliphatic carbocycles. The summed E-state index contributed by atoms with van der Waals surface area (Å²) in [6.07, 6.45) is 3.95. The lowest BCUT2D eigenvalue weighted by Gasteiger charge is -2.29. The van der Waals surface area contributed by atoms with Gasteiger partial charge in [0.1, 0.15) is 18.4 Å². The lowest BCUT2D eigenvalue weighted by atomic mass is 10.0. The van der Waals surface area contributed by atoms with Crippen LogP contribution in [0.3, 0.4) is 0 Å². The Morgan fingerprint density at radius 2 is 2.28 bits per heavy atom. The van der Waals surface area contributed by atoms with E-state index < -0.39 is 5.56 Å². The van der Waals surface area contributed by atoms with Crippen molar-refractivity contribution < 1.29 is 14.6 Å². The molecule has 0 aromatic carbocycles. The molecule has 1 fully saturated rings. The standard InChI is InChI=1S/C18H21N3O4/c1-12-8-14(22)9-16(23)21(12)11-17(24)20(2)15-5-7-25-18(15)13-4-3-6-19-10-13/h3-4,6,8-10,15,18,22H,5,7,11H2,1-2H3/t15-,18+/m0/s1. The fraction of sp³-hybridized carbons (Fsp3) is 0.389. The average molecular weight is 343 g/mol. The van der Waals surface area contributed by atoms with E-state index >= 15 is 0 Å².